The molecule has 0 amide bonds. The maximum Gasteiger partial charge on any atom is 0.162 e. The molecule has 4 heteroatoms. The van der Waals surface area contributed by atoms with Gasteiger partial charge in [0.2, 0.25) is 0 Å². The Morgan fingerprint density at radius 1 is 1.19 bits per heavy atom. The van der Waals surface area contributed by atoms with Gasteiger partial charge in [-0.3, -0.25) is 0 Å². The van der Waals surface area contributed by atoms with Crippen molar-refractivity contribution >= 4 is 11.8 Å². The van der Waals surface area contributed by atoms with Gasteiger partial charge >= 0.3 is 0 Å². The van der Waals surface area contributed by atoms with Gasteiger partial charge in [0.1, 0.15) is 0 Å². The third-order valence-electron chi connectivity index (χ3n) is 3.63. The number of benzene rings is 1. The average molecular weight is 309 g/mol. The first-order valence-electron chi connectivity index (χ1n) is 7.76. The zero-order chi connectivity index (χ0) is 15.3. The van der Waals surface area contributed by atoms with Crippen molar-refractivity contribution in [3.8, 4) is 11.5 Å². The van der Waals surface area contributed by atoms with E-state index in [-0.39, 0.29) is 5.41 Å². The zero-order valence-electron chi connectivity index (χ0n) is 13.6. The van der Waals surface area contributed by atoms with Gasteiger partial charge in [0.25, 0.3) is 0 Å². The normalized spacial score (nSPS) is 16.4. The standard InChI is InChI=1S/C17H27NO2S/c1-5-18-16(17(2,3)4)12-21-13-7-8-14-15(11-13)20-10-6-9-19-14/h7-8,11,16,18H,5-6,9-10,12H2,1-4H3. The smallest absolute Gasteiger partial charge is 0.162 e. The van der Waals surface area contributed by atoms with Crippen LogP contribution in [0.3, 0.4) is 0 Å². The van der Waals surface area contributed by atoms with E-state index in [4.69, 9.17) is 9.47 Å². The van der Waals surface area contributed by atoms with E-state index in [0.29, 0.717) is 6.04 Å². The molecule has 0 spiro atoms. The summed E-state index contributed by atoms with van der Waals surface area (Å²) in [6.45, 7) is 11.5. The highest BCUT2D eigenvalue weighted by atomic mass is 32.2. The second-order valence-corrected chi connectivity index (χ2v) is 7.54. The third-order valence-corrected chi connectivity index (χ3v) is 4.72. The molecule has 21 heavy (non-hydrogen) atoms. The molecule has 1 aliphatic rings. The Balaban J connectivity index is 2.01. The average Bonchev–Trinajstić information content (AvgIpc) is 2.66. The number of ether oxygens (including phenoxy) is 2. The minimum Gasteiger partial charge on any atom is -0.490 e. The largest absolute Gasteiger partial charge is 0.490 e. The van der Waals surface area contributed by atoms with Gasteiger partial charge in [-0.1, -0.05) is 27.7 Å². The highest BCUT2D eigenvalue weighted by Crippen LogP contribution is 2.35. The van der Waals surface area contributed by atoms with Crippen LogP contribution < -0.4 is 14.8 Å². The predicted molar refractivity (Wildman–Crippen MR) is 89.7 cm³/mol. The van der Waals surface area contributed by atoms with E-state index in [1.54, 1.807) is 0 Å². The molecule has 0 fully saturated rings. The van der Waals surface area contributed by atoms with Crippen molar-refractivity contribution in [1.29, 1.82) is 0 Å². The lowest BCUT2D eigenvalue weighted by Gasteiger charge is -2.31. The SMILES string of the molecule is CCNC(CSc1ccc2c(c1)OCCCO2)C(C)(C)C. The maximum absolute atomic E-state index is 5.76. The monoisotopic (exact) mass is 309 g/mol. The molecule has 1 N–H and O–H groups in total. The Hall–Kier alpha value is -0.870. The molecule has 0 radical (unpaired) electrons. The summed E-state index contributed by atoms with van der Waals surface area (Å²) in [5.41, 5.74) is 0.258. The molecular formula is C17H27NO2S. The van der Waals surface area contributed by atoms with Gasteiger partial charge in [-0.05, 0) is 30.2 Å². The molecule has 1 aromatic carbocycles. The predicted octanol–water partition coefficient (Wildman–Crippen LogP) is 3.96. The maximum atomic E-state index is 5.76. The Bertz CT molecular complexity index is 457. The van der Waals surface area contributed by atoms with Crippen LogP contribution in [0.4, 0.5) is 0 Å². The van der Waals surface area contributed by atoms with E-state index < -0.39 is 0 Å². The summed E-state index contributed by atoms with van der Waals surface area (Å²) in [6, 6.07) is 6.76. The first-order chi connectivity index (χ1) is 10.0. The van der Waals surface area contributed by atoms with E-state index in [1.807, 2.05) is 17.8 Å². The number of nitrogens with one attached hydrogen (secondary N) is 1. The van der Waals surface area contributed by atoms with Crippen molar-refractivity contribution in [2.45, 2.75) is 45.1 Å². The van der Waals surface area contributed by atoms with Crippen LogP contribution >= 0.6 is 11.8 Å². The van der Waals surface area contributed by atoms with E-state index in [0.717, 1.165) is 43.4 Å². The summed E-state index contributed by atoms with van der Waals surface area (Å²) in [5, 5.41) is 3.59. The molecule has 1 unspecified atom stereocenters. The van der Waals surface area contributed by atoms with Crippen molar-refractivity contribution < 1.29 is 9.47 Å². The van der Waals surface area contributed by atoms with Crippen molar-refractivity contribution in [2.24, 2.45) is 5.41 Å². The molecule has 1 heterocycles. The minimum absolute atomic E-state index is 0.258. The van der Waals surface area contributed by atoms with Gasteiger partial charge in [0.15, 0.2) is 11.5 Å². The molecular weight excluding hydrogens is 282 g/mol. The molecule has 2 rings (SSSR count). The Labute approximate surface area is 132 Å². The molecule has 118 valence electrons. The number of fused-ring (bicyclic) bond motifs is 1. The van der Waals surface area contributed by atoms with Gasteiger partial charge in [0, 0.05) is 23.1 Å². The van der Waals surface area contributed by atoms with Crippen LogP contribution in [0.2, 0.25) is 0 Å². The fraction of sp³-hybridized carbons (Fsp3) is 0.647. The molecule has 0 bridgehead atoms. The van der Waals surface area contributed by atoms with Crippen molar-refractivity contribution in [2.75, 3.05) is 25.5 Å². The van der Waals surface area contributed by atoms with Gasteiger partial charge in [-0.15, -0.1) is 11.8 Å². The lowest BCUT2D eigenvalue weighted by molar-refractivity contribution is 0.295. The summed E-state index contributed by atoms with van der Waals surface area (Å²) in [4.78, 5) is 1.24. The van der Waals surface area contributed by atoms with Gasteiger partial charge in [-0.25, -0.2) is 0 Å². The fourth-order valence-electron chi connectivity index (χ4n) is 2.27. The van der Waals surface area contributed by atoms with Crippen molar-refractivity contribution in [1.82, 2.24) is 5.32 Å². The van der Waals surface area contributed by atoms with E-state index >= 15 is 0 Å². The quantitative estimate of drug-likeness (QED) is 0.834. The lowest BCUT2D eigenvalue weighted by atomic mass is 9.88. The first kappa shape index (κ1) is 16.5. The van der Waals surface area contributed by atoms with Crippen LogP contribution in [0.5, 0.6) is 11.5 Å². The number of rotatable bonds is 5. The third kappa shape index (κ3) is 4.82. The van der Waals surface area contributed by atoms with E-state index in [9.17, 15) is 0 Å². The molecule has 0 saturated heterocycles. The summed E-state index contributed by atoms with van der Waals surface area (Å²) >= 11 is 1.88. The molecule has 0 aromatic heterocycles. The van der Waals surface area contributed by atoms with Crippen LogP contribution in [0.25, 0.3) is 0 Å². The number of hydrogen-bond acceptors (Lipinski definition) is 4. The number of hydrogen-bond donors (Lipinski definition) is 1. The lowest BCUT2D eigenvalue weighted by Crippen LogP contribution is -2.42. The minimum atomic E-state index is 0.258. The van der Waals surface area contributed by atoms with Crippen LogP contribution in [0, 0.1) is 5.41 Å². The summed E-state index contributed by atoms with van der Waals surface area (Å²) in [7, 11) is 0. The van der Waals surface area contributed by atoms with Gasteiger partial charge < -0.3 is 14.8 Å². The second-order valence-electron chi connectivity index (χ2n) is 6.45. The van der Waals surface area contributed by atoms with E-state index in [2.05, 4.69) is 45.1 Å². The zero-order valence-corrected chi connectivity index (χ0v) is 14.4. The summed E-state index contributed by atoms with van der Waals surface area (Å²) < 4.78 is 11.4. The Morgan fingerprint density at radius 3 is 2.57 bits per heavy atom. The van der Waals surface area contributed by atoms with Gasteiger partial charge in [0.05, 0.1) is 13.2 Å². The van der Waals surface area contributed by atoms with Crippen LogP contribution in [0.1, 0.15) is 34.1 Å². The van der Waals surface area contributed by atoms with Crippen LogP contribution in [-0.2, 0) is 0 Å². The first-order valence-corrected chi connectivity index (χ1v) is 8.75. The van der Waals surface area contributed by atoms with Crippen LogP contribution in [-0.4, -0.2) is 31.6 Å². The molecule has 1 aliphatic heterocycles. The highest BCUT2D eigenvalue weighted by molar-refractivity contribution is 7.99. The van der Waals surface area contributed by atoms with E-state index in [1.165, 1.54) is 4.90 Å². The molecule has 1 atom stereocenters. The second kappa shape index (κ2) is 7.41. The van der Waals surface area contributed by atoms with Crippen molar-refractivity contribution in [3.63, 3.8) is 0 Å². The Kier molecular flexibility index (Phi) is 5.82. The number of thioether (sulfide) groups is 1. The molecule has 0 aliphatic carbocycles. The molecule has 3 nitrogen and oxygen atoms in total. The molecule has 1 aromatic rings. The summed E-state index contributed by atoms with van der Waals surface area (Å²) in [6.07, 6.45) is 0.948. The van der Waals surface area contributed by atoms with Crippen LogP contribution in [0.15, 0.2) is 23.1 Å². The topological polar surface area (TPSA) is 30.5 Å². The highest BCUT2D eigenvalue weighted by Gasteiger charge is 2.23. The van der Waals surface area contributed by atoms with Gasteiger partial charge in [-0.2, -0.15) is 0 Å². The molecule has 0 saturated carbocycles. The van der Waals surface area contributed by atoms with Crippen molar-refractivity contribution in [3.05, 3.63) is 18.2 Å². The summed E-state index contributed by atoms with van der Waals surface area (Å²) in [5.74, 6) is 2.81. The fourth-order valence-corrected chi connectivity index (χ4v) is 3.61. The Morgan fingerprint density at radius 2 is 1.90 bits per heavy atom.